The molecular formula is C13H15ClINO2. The first-order valence-corrected chi connectivity index (χ1v) is 7.37. The summed E-state index contributed by atoms with van der Waals surface area (Å²) in [4.78, 5) is 14.2. The van der Waals surface area contributed by atoms with E-state index >= 15 is 0 Å². The highest BCUT2D eigenvalue weighted by atomic mass is 127. The van der Waals surface area contributed by atoms with E-state index in [1.807, 2.05) is 13.0 Å². The van der Waals surface area contributed by atoms with Crippen LogP contribution in [0.15, 0.2) is 18.2 Å². The number of hydrogen-bond acceptors (Lipinski definition) is 2. The van der Waals surface area contributed by atoms with Crippen molar-refractivity contribution in [2.24, 2.45) is 5.92 Å². The number of likely N-dealkylation sites (tertiary alicyclic amines) is 1. The van der Waals surface area contributed by atoms with Gasteiger partial charge in [0, 0.05) is 21.7 Å². The molecule has 0 radical (unpaired) electrons. The average molecular weight is 380 g/mol. The molecule has 0 saturated carbocycles. The average Bonchev–Trinajstić information content (AvgIpc) is 2.35. The second-order valence-corrected chi connectivity index (χ2v) is 6.31. The zero-order chi connectivity index (χ0) is 13.3. The third kappa shape index (κ3) is 2.97. The number of carbonyl (C=O) groups excluding carboxylic acids is 1. The van der Waals surface area contributed by atoms with Crippen molar-refractivity contribution >= 4 is 40.1 Å². The molecule has 1 aliphatic heterocycles. The summed E-state index contributed by atoms with van der Waals surface area (Å²) in [5, 5.41) is 10.3. The molecule has 1 aliphatic rings. The first kappa shape index (κ1) is 14.1. The Kier molecular flexibility index (Phi) is 4.50. The number of halogens is 2. The van der Waals surface area contributed by atoms with Crippen molar-refractivity contribution in [2.45, 2.75) is 19.4 Å². The van der Waals surface area contributed by atoms with Crippen LogP contribution in [0.5, 0.6) is 0 Å². The highest BCUT2D eigenvalue weighted by molar-refractivity contribution is 14.1. The predicted molar refractivity (Wildman–Crippen MR) is 79.9 cm³/mol. The van der Waals surface area contributed by atoms with Gasteiger partial charge in [0.15, 0.2) is 0 Å². The van der Waals surface area contributed by atoms with E-state index in [0.717, 1.165) is 3.57 Å². The molecule has 1 amide bonds. The molecule has 98 valence electrons. The van der Waals surface area contributed by atoms with E-state index < -0.39 is 0 Å². The van der Waals surface area contributed by atoms with Crippen LogP contribution in [0.1, 0.15) is 23.7 Å². The number of aliphatic hydroxyl groups is 1. The largest absolute Gasteiger partial charge is 0.393 e. The van der Waals surface area contributed by atoms with Crippen LogP contribution < -0.4 is 0 Å². The van der Waals surface area contributed by atoms with E-state index in [-0.39, 0.29) is 17.9 Å². The number of piperidine rings is 1. The van der Waals surface area contributed by atoms with Gasteiger partial charge < -0.3 is 10.0 Å². The Morgan fingerprint density at radius 1 is 1.56 bits per heavy atom. The summed E-state index contributed by atoms with van der Waals surface area (Å²) < 4.78 is 0.903. The minimum absolute atomic E-state index is 0.000602. The van der Waals surface area contributed by atoms with Crippen LogP contribution in [0.4, 0.5) is 0 Å². The van der Waals surface area contributed by atoms with E-state index in [1.54, 1.807) is 17.0 Å². The maximum absolute atomic E-state index is 12.4. The Morgan fingerprint density at radius 3 is 2.94 bits per heavy atom. The van der Waals surface area contributed by atoms with Gasteiger partial charge in [-0.05, 0) is 53.1 Å². The quantitative estimate of drug-likeness (QED) is 0.762. The summed E-state index contributed by atoms with van der Waals surface area (Å²) in [6, 6.07) is 5.34. The van der Waals surface area contributed by atoms with Gasteiger partial charge in [0.25, 0.3) is 5.91 Å². The molecule has 1 aromatic rings. The Balaban J connectivity index is 2.19. The molecule has 1 N–H and O–H groups in total. The molecule has 0 aromatic heterocycles. The second-order valence-electron chi connectivity index (χ2n) is 4.71. The monoisotopic (exact) mass is 379 g/mol. The first-order valence-electron chi connectivity index (χ1n) is 5.91. The van der Waals surface area contributed by atoms with Crippen molar-refractivity contribution < 1.29 is 9.90 Å². The number of hydrogen-bond donors (Lipinski definition) is 1. The van der Waals surface area contributed by atoms with Crippen LogP contribution in [0.3, 0.4) is 0 Å². The third-order valence-corrected chi connectivity index (χ3v) is 4.48. The summed E-state index contributed by atoms with van der Waals surface area (Å²) in [5.41, 5.74) is 0.645. The van der Waals surface area contributed by atoms with Crippen molar-refractivity contribution in [2.75, 3.05) is 13.1 Å². The molecule has 0 bridgehead atoms. The number of aliphatic hydroxyl groups excluding tert-OH is 1. The smallest absolute Gasteiger partial charge is 0.254 e. The standard InChI is InChI=1S/C13H15ClINO2/c1-8-7-16(5-4-12(8)17)13(18)10-6-9(14)2-3-11(10)15/h2-3,6,8,12,17H,4-5,7H2,1H3. The van der Waals surface area contributed by atoms with Gasteiger partial charge >= 0.3 is 0 Å². The molecule has 2 atom stereocenters. The number of rotatable bonds is 1. The predicted octanol–water partition coefficient (Wildman–Crippen LogP) is 2.79. The summed E-state index contributed by atoms with van der Waals surface area (Å²) in [6.45, 7) is 3.17. The molecule has 1 fully saturated rings. The molecule has 3 nitrogen and oxygen atoms in total. The van der Waals surface area contributed by atoms with Gasteiger partial charge in [0.1, 0.15) is 0 Å². The number of amides is 1. The van der Waals surface area contributed by atoms with Crippen molar-refractivity contribution in [3.05, 3.63) is 32.4 Å². The van der Waals surface area contributed by atoms with Gasteiger partial charge in [-0.3, -0.25) is 4.79 Å². The lowest BCUT2D eigenvalue weighted by atomic mass is 9.96. The van der Waals surface area contributed by atoms with E-state index in [0.29, 0.717) is 30.1 Å². The summed E-state index contributed by atoms with van der Waals surface area (Å²) in [6.07, 6.45) is 0.344. The van der Waals surface area contributed by atoms with Gasteiger partial charge in [-0.25, -0.2) is 0 Å². The molecular weight excluding hydrogens is 365 g/mol. The number of benzene rings is 1. The van der Waals surface area contributed by atoms with Crippen molar-refractivity contribution in [3.63, 3.8) is 0 Å². The highest BCUT2D eigenvalue weighted by Gasteiger charge is 2.28. The minimum atomic E-state index is -0.299. The van der Waals surface area contributed by atoms with Gasteiger partial charge in [0.05, 0.1) is 11.7 Å². The van der Waals surface area contributed by atoms with E-state index in [4.69, 9.17) is 11.6 Å². The number of carbonyl (C=O) groups is 1. The lowest BCUT2D eigenvalue weighted by Crippen LogP contribution is -2.45. The Morgan fingerprint density at radius 2 is 2.28 bits per heavy atom. The topological polar surface area (TPSA) is 40.5 Å². The van der Waals surface area contributed by atoms with E-state index in [9.17, 15) is 9.90 Å². The Hall–Kier alpha value is -0.330. The molecule has 2 rings (SSSR count). The van der Waals surface area contributed by atoms with Crippen molar-refractivity contribution in [3.8, 4) is 0 Å². The zero-order valence-electron chi connectivity index (χ0n) is 10.1. The highest BCUT2D eigenvalue weighted by Crippen LogP contribution is 2.23. The summed E-state index contributed by atoms with van der Waals surface area (Å²) in [7, 11) is 0. The SMILES string of the molecule is CC1CN(C(=O)c2cc(Cl)ccc2I)CCC1O. The normalized spacial score (nSPS) is 24.1. The fraction of sp³-hybridized carbons (Fsp3) is 0.462. The zero-order valence-corrected chi connectivity index (χ0v) is 13.0. The minimum Gasteiger partial charge on any atom is -0.393 e. The fourth-order valence-electron chi connectivity index (χ4n) is 2.15. The van der Waals surface area contributed by atoms with Crippen molar-refractivity contribution in [1.29, 1.82) is 0 Å². The third-order valence-electron chi connectivity index (χ3n) is 3.31. The van der Waals surface area contributed by atoms with Crippen LogP contribution >= 0.6 is 34.2 Å². The molecule has 1 heterocycles. The van der Waals surface area contributed by atoms with Gasteiger partial charge in [0.2, 0.25) is 0 Å². The summed E-state index contributed by atoms with van der Waals surface area (Å²) >= 11 is 8.08. The Labute approximate surface area is 125 Å². The van der Waals surface area contributed by atoms with Crippen LogP contribution in [-0.4, -0.2) is 35.1 Å². The molecule has 1 saturated heterocycles. The van der Waals surface area contributed by atoms with E-state index in [2.05, 4.69) is 22.6 Å². The van der Waals surface area contributed by atoms with Crippen LogP contribution in [0.2, 0.25) is 5.02 Å². The molecule has 1 aromatic carbocycles. The maximum Gasteiger partial charge on any atom is 0.254 e. The lowest BCUT2D eigenvalue weighted by Gasteiger charge is -2.34. The Bertz CT molecular complexity index is 466. The van der Waals surface area contributed by atoms with E-state index in [1.165, 1.54) is 0 Å². The lowest BCUT2D eigenvalue weighted by molar-refractivity contribution is 0.0297. The van der Waals surface area contributed by atoms with Crippen LogP contribution in [-0.2, 0) is 0 Å². The van der Waals surface area contributed by atoms with Gasteiger partial charge in [-0.15, -0.1) is 0 Å². The van der Waals surface area contributed by atoms with Crippen LogP contribution in [0, 0.1) is 9.49 Å². The van der Waals surface area contributed by atoms with Crippen LogP contribution in [0.25, 0.3) is 0 Å². The molecule has 5 heteroatoms. The molecule has 2 unspecified atom stereocenters. The summed E-state index contributed by atoms with van der Waals surface area (Å²) in [5.74, 6) is 0.125. The van der Waals surface area contributed by atoms with Crippen molar-refractivity contribution in [1.82, 2.24) is 4.90 Å². The molecule has 0 spiro atoms. The number of nitrogens with zero attached hydrogens (tertiary/aromatic N) is 1. The van der Waals surface area contributed by atoms with Gasteiger partial charge in [-0.2, -0.15) is 0 Å². The fourth-order valence-corrected chi connectivity index (χ4v) is 2.89. The van der Waals surface area contributed by atoms with Gasteiger partial charge in [-0.1, -0.05) is 18.5 Å². The molecule has 0 aliphatic carbocycles. The maximum atomic E-state index is 12.4. The molecule has 18 heavy (non-hydrogen) atoms. The first-order chi connectivity index (χ1) is 8.49. The second kappa shape index (κ2) is 5.75.